The fraction of sp³-hybridized carbons (Fsp3) is 0.375. The third kappa shape index (κ3) is 1.97. The molecule has 3 rings (SSSR count). The molecule has 6 heteroatoms. The lowest BCUT2D eigenvalue weighted by Gasteiger charge is -2.32. The number of rotatable bonds is 2. The van der Waals surface area contributed by atoms with E-state index in [1.54, 1.807) is 13.8 Å². The summed E-state index contributed by atoms with van der Waals surface area (Å²) in [6.45, 7) is 3.70. The van der Waals surface area contributed by atoms with Crippen LogP contribution in [-0.4, -0.2) is 22.7 Å². The molecule has 0 radical (unpaired) electrons. The van der Waals surface area contributed by atoms with Crippen molar-refractivity contribution in [2.45, 2.75) is 32.3 Å². The second-order valence-electron chi connectivity index (χ2n) is 5.79. The Morgan fingerprint density at radius 1 is 1.64 bits per heavy atom. The second kappa shape index (κ2) is 4.82. The Labute approximate surface area is 126 Å². The number of carboxylic acid groups (broad SMARTS) is 1. The zero-order valence-corrected chi connectivity index (χ0v) is 12.3. The molecule has 1 aromatic carbocycles. The molecule has 1 aliphatic rings. The average Bonchev–Trinajstić information content (AvgIpc) is 2.80. The molecule has 2 aromatic rings. The van der Waals surface area contributed by atoms with Gasteiger partial charge in [0.1, 0.15) is 17.5 Å². The number of carbonyl (C=O) groups is 1. The fourth-order valence-electron chi connectivity index (χ4n) is 3.25. The minimum Gasteiger partial charge on any atom is -0.481 e. The fourth-order valence-corrected chi connectivity index (χ4v) is 3.25. The van der Waals surface area contributed by atoms with Crippen LogP contribution < -0.4 is 0 Å². The lowest BCUT2D eigenvalue weighted by molar-refractivity contribution is -0.146. The lowest BCUT2D eigenvalue weighted by atomic mass is 9.89. The van der Waals surface area contributed by atoms with Crippen LogP contribution in [0.3, 0.4) is 0 Å². The first-order valence-corrected chi connectivity index (χ1v) is 6.97. The van der Waals surface area contributed by atoms with E-state index in [9.17, 15) is 14.4 Å². The molecule has 0 aliphatic carbocycles. The van der Waals surface area contributed by atoms with Gasteiger partial charge >= 0.3 is 5.97 Å². The summed E-state index contributed by atoms with van der Waals surface area (Å²) in [5, 5.41) is 19.1. The Morgan fingerprint density at radius 2 is 2.36 bits per heavy atom. The van der Waals surface area contributed by atoms with Crippen LogP contribution in [0.25, 0.3) is 10.9 Å². The summed E-state index contributed by atoms with van der Waals surface area (Å²) in [6.07, 6.45) is 0.289. The van der Waals surface area contributed by atoms with Gasteiger partial charge in [-0.05, 0) is 37.5 Å². The first-order valence-electron chi connectivity index (χ1n) is 6.97. The van der Waals surface area contributed by atoms with E-state index in [1.165, 1.54) is 6.07 Å². The van der Waals surface area contributed by atoms with Gasteiger partial charge in [-0.2, -0.15) is 5.26 Å². The van der Waals surface area contributed by atoms with Crippen molar-refractivity contribution in [2.75, 3.05) is 6.61 Å². The Balaban J connectivity index is 2.35. The number of aliphatic carboxylic acids is 1. The number of hydrogen-bond donors (Lipinski definition) is 2. The van der Waals surface area contributed by atoms with Gasteiger partial charge in [0.15, 0.2) is 0 Å². The van der Waals surface area contributed by atoms with E-state index >= 15 is 0 Å². The summed E-state index contributed by atoms with van der Waals surface area (Å²) in [5.41, 5.74) is 1.52. The van der Waals surface area contributed by atoms with Crippen molar-refractivity contribution in [2.24, 2.45) is 0 Å². The molecule has 1 aromatic heterocycles. The molecule has 0 spiro atoms. The normalized spacial score (nSPS) is 20.6. The maximum atomic E-state index is 14.3. The maximum Gasteiger partial charge on any atom is 0.306 e. The number of ether oxygens (including phenoxy) is 1. The molecule has 0 saturated carbocycles. The molecular formula is C16H15FN2O3. The van der Waals surface area contributed by atoms with Gasteiger partial charge in [-0.25, -0.2) is 4.39 Å². The largest absolute Gasteiger partial charge is 0.481 e. The molecule has 5 nitrogen and oxygen atoms in total. The third-order valence-corrected chi connectivity index (χ3v) is 4.23. The number of aryl methyl sites for hydroxylation is 1. The van der Waals surface area contributed by atoms with Crippen molar-refractivity contribution in [1.29, 1.82) is 5.26 Å². The van der Waals surface area contributed by atoms with Crippen LogP contribution >= 0.6 is 0 Å². The van der Waals surface area contributed by atoms with Crippen LogP contribution in [0.2, 0.25) is 0 Å². The molecule has 0 amide bonds. The number of nitrogens with zero attached hydrogens (tertiary/aromatic N) is 1. The predicted octanol–water partition coefficient (Wildman–Crippen LogP) is 2.75. The zero-order valence-electron chi connectivity index (χ0n) is 12.3. The van der Waals surface area contributed by atoms with Crippen LogP contribution in [0.15, 0.2) is 6.07 Å². The quantitative estimate of drug-likeness (QED) is 0.893. The Kier molecular flexibility index (Phi) is 3.18. The summed E-state index contributed by atoms with van der Waals surface area (Å²) < 4.78 is 19.9. The first kappa shape index (κ1) is 14.5. The van der Waals surface area contributed by atoms with E-state index in [-0.39, 0.29) is 11.9 Å². The van der Waals surface area contributed by atoms with Crippen molar-refractivity contribution >= 4 is 16.9 Å². The topological polar surface area (TPSA) is 86.1 Å². The van der Waals surface area contributed by atoms with Crippen LogP contribution in [-0.2, 0) is 21.6 Å². The molecular weight excluding hydrogens is 287 g/mol. The molecule has 1 atom stereocenters. The molecule has 22 heavy (non-hydrogen) atoms. The summed E-state index contributed by atoms with van der Waals surface area (Å²) in [7, 11) is 0. The van der Waals surface area contributed by atoms with Crippen LogP contribution in [0, 0.1) is 24.1 Å². The number of benzene rings is 1. The number of H-pyrrole nitrogens is 1. The van der Waals surface area contributed by atoms with Gasteiger partial charge in [-0.15, -0.1) is 0 Å². The highest BCUT2D eigenvalue weighted by atomic mass is 19.1. The summed E-state index contributed by atoms with van der Waals surface area (Å²) in [4.78, 5) is 14.1. The summed E-state index contributed by atoms with van der Waals surface area (Å²) in [5.74, 6) is -1.44. The molecule has 114 valence electrons. The zero-order chi connectivity index (χ0) is 16.1. The SMILES string of the molecule is Cc1cc(F)c2[nH]c3c(c2c1C#N)CCOC3(C)CC(=O)O. The molecule has 2 N–H and O–H groups in total. The third-order valence-electron chi connectivity index (χ3n) is 4.23. The minimum atomic E-state index is -1.05. The van der Waals surface area contributed by atoms with Crippen molar-refractivity contribution in [3.63, 3.8) is 0 Å². The van der Waals surface area contributed by atoms with E-state index < -0.39 is 17.4 Å². The highest BCUT2D eigenvalue weighted by Gasteiger charge is 2.39. The van der Waals surface area contributed by atoms with Gasteiger partial charge in [0.25, 0.3) is 0 Å². The lowest BCUT2D eigenvalue weighted by Crippen LogP contribution is -2.34. The minimum absolute atomic E-state index is 0.227. The van der Waals surface area contributed by atoms with E-state index in [1.807, 2.05) is 0 Å². The van der Waals surface area contributed by atoms with E-state index in [4.69, 9.17) is 9.84 Å². The molecule has 0 saturated heterocycles. The Bertz CT molecular complexity index is 834. The van der Waals surface area contributed by atoms with Gasteiger partial charge in [0.2, 0.25) is 0 Å². The molecule has 0 fully saturated rings. The van der Waals surface area contributed by atoms with Gasteiger partial charge in [0.05, 0.1) is 29.8 Å². The maximum absolute atomic E-state index is 14.3. The van der Waals surface area contributed by atoms with Crippen molar-refractivity contribution in [3.8, 4) is 6.07 Å². The van der Waals surface area contributed by atoms with Crippen LogP contribution in [0.5, 0.6) is 0 Å². The van der Waals surface area contributed by atoms with Crippen molar-refractivity contribution in [3.05, 3.63) is 34.3 Å². The molecule has 0 bridgehead atoms. The molecule has 1 unspecified atom stereocenters. The standard InChI is InChI=1S/C16H15FN2O3/c1-8-5-11(17)14-13(10(8)7-18)9-3-4-22-16(2,6-12(20)21)15(9)19-14/h5,19H,3-4,6H2,1-2H3,(H,20,21). The number of nitriles is 1. The summed E-state index contributed by atoms with van der Waals surface area (Å²) >= 11 is 0. The van der Waals surface area contributed by atoms with Gasteiger partial charge in [-0.1, -0.05) is 0 Å². The highest BCUT2D eigenvalue weighted by Crippen LogP contribution is 2.41. The van der Waals surface area contributed by atoms with Crippen LogP contribution in [0.4, 0.5) is 4.39 Å². The predicted molar refractivity (Wildman–Crippen MR) is 77.0 cm³/mol. The average molecular weight is 302 g/mol. The number of carboxylic acids is 1. The van der Waals surface area contributed by atoms with Gasteiger partial charge in [-0.3, -0.25) is 4.79 Å². The van der Waals surface area contributed by atoms with Crippen molar-refractivity contribution < 1.29 is 19.0 Å². The van der Waals surface area contributed by atoms with Gasteiger partial charge < -0.3 is 14.8 Å². The number of aromatic nitrogens is 1. The smallest absolute Gasteiger partial charge is 0.306 e. The van der Waals surface area contributed by atoms with E-state index in [2.05, 4.69) is 11.1 Å². The van der Waals surface area contributed by atoms with E-state index in [0.717, 1.165) is 5.56 Å². The number of hydrogen-bond acceptors (Lipinski definition) is 3. The number of nitrogens with one attached hydrogen (secondary N) is 1. The summed E-state index contributed by atoms with van der Waals surface area (Å²) in [6, 6.07) is 3.44. The number of fused-ring (bicyclic) bond motifs is 3. The first-order chi connectivity index (χ1) is 10.4. The molecule has 2 heterocycles. The van der Waals surface area contributed by atoms with Crippen molar-refractivity contribution in [1.82, 2.24) is 4.98 Å². The highest BCUT2D eigenvalue weighted by molar-refractivity contribution is 5.92. The van der Waals surface area contributed by atoms with E-state index in [0.29, 0.717) is 35.2 Å². The molecule has 1 aliphatic heterocycles. The Hall–Kier alpha value is -2.39. The monoisotopic (exact) mass is 302 g/mol. The number of aromatic amines is 1. The number of halogens is 1. The Morgan fingerprint density at radius 3 is 3.00 bits per heavy atom. The van der Waals surface area contributed by atoms with Gasteiger partial charge in [0, 0.05) is 5.39 Å². The second-order valence-corrected chi connectivity index (χ2v) is 5.79. The van der Waals surface area contributed by atoms with Crippen LogP contribution in [0.1, 0.15) is 35.7 Å².